The van der Waals surface area contributed by atoms with E-state index in [0.717, 1.165) is 58.2 Å². The molecule has 4 unspecified atom stereocenters. The fraction of sp³-hybridized carbons (Fsp3) is 0.942. The third-order valence-corrected chi connectivity index (χ3v) is 13.3. The van der Waals surface area contributed by atoms with Gasteiger partial charge in [-0.05, 0) is 83.2 Å². The van der Waals surface area contributed by atoms with Gasteiger partial charge in [0.05, 0.1) is 6.10 Å². The van der Waals surface area contributed by atoms with Crippen LogP contribution in [-0.4, -0.2) is 47.6 Å². The number of carbonyl (C=O) groups is 1. The van der Waals surface area contributed by atoms with Gasteiger partial charge in [0, 0.05) is 30.6 Å². The van der Waals surface area contributed by atoms with Crippen LogP contribution in [0, 0.1) is 11.8 Å². The van der Waals surface area contributed by atoms with Gasteiger partial charge in [-0.1, -0.05) is 208 Å². The molecule has 1 fully saturated rings. The number of hydrogen-bond donors (Lipinski definition) is 2. The zero-order chi connectivity index (χ0) is 40.7. The lowest BCUT2D eigenvalue weighted by atomic mass is 9.88. The van der Waals surface area contributed by atoms with Crippen LogP contribution in [0.4, 0.5) is 0 Å². The topological polar surface area (TPSA) is 52.6 Å². The average molecular weight is 787 g/mol. The molecule has 4 nitrogen and oxygen atoms in total. The summed E-state index contributed by atoms with van der Waals surface area (Å²) in [4.78, 5) is 16.0. The van der Waals surface area contributed by atoms with Gasteiger partial charge in [-0.15, -0.1) is 0 Å². The highest BCUT2D eigenvalue weighted by atomic mass is 16.3. The van der Waals surface area contributed by atoms with Gasteiger partial charge in [0.1, 0.15) is 5.78 Å². The maximum atomic E-state index is 13.3. The second-order valence-electron chi connectivity index (χ2n) is 18.5. The SMILES string of the molecule is C=C(NCCCCCCN(CCCCCCCC(=O)C(CCCCCC)CCCCCCCC)C1CCCCC1O)C(CCCCCC)CCCCCCCC. The van der Waals surface area contributed by atoms with E-state index in [-0.39, 0.29) is 6.10 Å². The Morgan fingerprint density at radius 2 is 0.929 bits per heavy atom. The minimum absolute atomic E-state index is 0.150. The zero-order valence-electron chi connectivity index (χ0n) is 38.8. The normalized spacial score (nSPS) is 17.0. The van der Waals surface area contributed by atoms with E-state index in [1.807, 2.05) is 0 Å². The van der Waals surface area contributed by atoms with E-state index in [9.17, 15) is 9.90 Å². The van der Waals surface area contributed by atoms with Gasteiger partial charge in [0.15, 0.2) is 0 Å². The molecule has 4 atom stereocenters. The van der Waals surface area contributed by atoms with Crippen LogP contribution < -0.4 is 5.32 Å². The number of aliphatic hydroxyl groups is 1. The third-order valence-electron chi connectivity index (χ3n) is 13.3. The van der Waals surface area contributed by atoms with Crippen LogP contribution in [0.1, 0.15) is 272 Å². The molecular formula is C52H102N2O2. The Kier molecular flexibility index (Phi) is 37.6. The Morgan fingerprint density at radius 1 is 0.536 bits per heavy atom. The molecule has 1 aliphatic carbocycles. The lowest BCUT2D eigenvalue weighted by Crippen LogP contribution is -2.46. The highest BCUT2D eigenvalue weighted by Crippen LogP contribution is 2.26. The van der Waals surface area contributed by atoms with E-state index in [0.29, 0.717) is 23.7 Å². The van der Waals surface area contributed by atoms with E-state index in [4.69, 9.17) is 0 Å². The van der Waals surface area contributed by atoms with Crippen LogP contribution in [0.3, 0.4) is 0 Å². The molecule has 0 aromatic carbocycles. The first-order chi connectivity index (χ1) is 27.5. The molecule has 1 aliphatic rings. The lowest BCUT2D eigenvalue weighted by molar-refractivity contribution is -0.123. The first-order valence-electron chi connectivity index (χ1n) is 25.9. The summed E-state index contributed by atoms with van der Waals surface area (Å²) >= 11 is 0. The van der Waals surface area contributed by atoms with E-state index in [2.05, 4.69) is 44.5 Å². The number of hydrogen-bond acceptors (Lipinski definition) is 4. The Morgan fingerprint density at radius 3 is 1.43 bits per heavy atom. The Bertz CT molecular complexity index is 802. The molecule has 0 aromatic heterocycles. The number of nitrogens with one attached hydrogen (secondary N) is 1. The van der Waals surface area contributed by atoms with Crippen molar-refractivity contribution in [2.24, 2.45) is 11.8 Å². The summed E-state index contributed by atoms with van der Waals surface area (Å²) < 4.78 is 0. The molecular weight excluding hydrogens is 685 g/mol. The van der Waals surface area contributed by atoms with Crippen molar-refractivity contribution in [2.75, 3.05) is 19.6 Å². The highest BCUT2D eigenvalue weighted by Gasteiger charge is 2.28. The summed E-state index contributed by atoms with van der Waals surface area (Å²) in [6, 6.07) is 0.355. The van der Waals surface area contributed by atoms with Crippen LogP contribution in [0.2, 0.25) is 0 Å². The molecule has 0 amide bonds. The predicted molar refractivity (Wildman–Crippen MR) is 249 cm³/mol. The van der Waals surface area contributed by atoms with Gasteiger partial charge in [-0.25, -0.2) is 0 Å². The van der Waals surface area contributed by atoms with Gasteiger partial charge in [0.2, 0.25) is 0 Å². The fourth-order valence-corrected chi connectivity index (χ4v) is 9.43. The predicted octanol–water partition coefficient (Wildman–Crippen LogP) is 15.8. The van der Waals surface area contributed by atoms with Crippen LogP contribution in [-0.2, 0) is 4.79 Å². The first-order valence-corrected chi connectivity index (χ1v) is 25.9. The summed E-state index contributed by atoms with van der Waals surface area (Å²) in [6.45, 7) is 17.0. The first kappa shape index (κ1) is 53.1. The van der Waals surface area contributed by atoms with Crippen molar-refractivity contribution in [1.29, 1.82) is 0 Å². The minimum atomic E-state index is -0.150. The number of ketones is 1. The van der Waals surface area contributed by atoms with E-state index >= 15 is 0 Å². The molecule has 2 N–H and O–H groups in total. The quantitative estimate of drug-likeness (QED) is 0.0605. The van der Waals surface area contributed by atoms with Crippen LogP contribution in [0.25, 0.3) is 0 Å². The largest absolute Gasteiger partial charge is 0.391 e. The van der Waals surface area contributed by atoms with Crippen LogP contribution in [0.15, 0.2) is 12.3 Å². The van der Waals surface area contributed by atoms with Gasteiger partial charge in [0.25, 0.3) is 0 Å². The molecule has 0 heterocycles. The Labute approximate surface area is 352 Å². The molecule has 0 bridgehead atoms. The van der Waals surface area contributed by atoms with Crippen molar-refractivity contribution < 1.29 is 9.90 Å². The standard InChI is InChI=1S/C52H102N2O2/c1-6-10-14-18-21-29-38-48(37-27-16-12-8-3)47(5)53-44-34-24-26-36-46-54(50-41-32-33-43-52(50)56)45-35-25-20-23-31-42-51(55)49(39-28-17-13-9-4)40-30-22-19-15-11-7-2/h48-50,52-53,56H,5-46H2,1-4H3. The Balaban J connectivity index is 2.39. The van der Waals surface area contributed by atoms with Crippen LogP contribution >= 0.6 is 0 Å². The molecule has 0 radical (unpaired) electrons. The number of carbonyl (C=O) groups excluding carboxylic acids is 1. The van der Waals surface area contributed by atoms with Gasteiger partial charge < -0.3 is 10.4 Å². The van der Waals surface area contributed by atoms with Crippen molar-refractivity contribution in [1.82, 2.24) is 10.2 Å². The maximum Gasteiger partial charge on any atom is 0.135 e. The molecule has 1 saturated carbocycles. The molecule has 1 rings (SSSR count). The van der Waals surface area contributed by atoms with Crippen molar-refractivity contribution in [2.45, 2.75) is 284 Å². The van der Waals surface area contributed by atoms with E-state index < -0.39 is 0 Å². The number of Topliss-reactive ketones (excluding diaryl/α,β-unsaturated/α-hetero) is 1. The Hall–Kier alpha value is -0.870. The van der Waals surface area contributed by atoms with Crippen molar-refractivity contribution in [3.63, 3.8) is 0 Å². The molecule has 4 heteroatoms. The van der Waals surface area contributed by atoms with Gasteiger partial charge >= 0.3 is 0 Å². The lowest BCUT2D eigenvalue weighted by Gasteiger charge is -2.38. The summed E-state index contributed by atoms with van der Waals surface area (Å²) in [5, 5.41) is 14.7. The van der Waals surface area contributed by atoms with E-state index in [1.54, 1.807) is 0 Å². The number of unbranched alkanes of at least 4 members (excludes halogenated alkanes) is 23. The second kappa shape index (κ2) is 39.6. The summed E-state index contributed by atoms with van der Waals surface area (Å²) in [6.07, 6.45) is 47.8. The number of nitrogens with zero attached hydrogens (tertiary/aromatic N) is 1. The fourth-order valence-electron chi connectivity index (χ4n) is 9.43. The molecule has 0 saturated heterocycles. The van der Waals surface area contributed by atoms with E-state index in [1.165, 1.54) is 211 Å². The highest BCUT2D eigenvalue weighted by molar-refractivity contribution is 5.80. The molecule has 0 aliphatic heterocycles. The van der Waals surface area contributed by atoms with Gasteiger partial charge in [-0.3, -0.25) is 9.69 Å². The number of aliphatic hydroxyl groups excluding tert-OH is 1. The molecule has 332 valence electrons. The third kappa shape index (κ3) is 29.4. The van der Waals surface area contributed by atoms with Crippen molar-refractivity contribution in [3.05, 3.63) is 12.3 Å². The maximum absolute atomic E-state index is 13.3. The molecule has 0 spiro atoms. The summed E-state index contributed by atoms with van der Waals surface area (Å²) in [5.41, 5.74) is 1.31. The molecule has 56 heavy (non-hydrogen) atoms. The average Bonchev–Trinajstić information content (AvgIpc) is 3.20. The number of rotatable bonds is 43. The van der Waals surface area contributed by atoms with Crippen molar-refractivity contribution in [3.8, 4) is 0 Å². The van der Waals surface area contributed by atoms with Crippen molar-refractivity contribution >= 4 is 5.78 Å². The summed E-state index contributed by atoms with van der Waals surface area (Å²) in [5.74, 6) is 1.54. The van der Waals surface area contributed by atoms with Gasteiger partial charge in [-0.2, -0.15) is 0 Å². The summed E-state index contributed by atoms with van der Waals surface area (Å²) in [7, 11) is 0. The zero-order valence-corrected chi connectivity index (χ0v) is 38.8. The second-order valence-corrected chi connectivity index (χ2v) is 18.5. The number of allylic oxidation sites excluding steroid dienone is 1. The minimum Gasteiger partial charge on any atom is -0.391 e. The van der Waals surface area contributed by atoms with Crippen LogP contribution in [0.5, 0.6) is 0 Å². The molecule has 0 aromatic rings. The smallest absolute Gasteiger partial charge is 0.135 e. The monoisotopic (exact) mass is 787 g/mol.